The van der Waals surface area contributed by atoms with E-state index < -0.39 is 5.97 Å². The summed E-state index contributed by atoms with van der Waals surface area (Å²) < 4.78 is 6.70. The molecule has 7 heteroatoms. The molecular weight excluding hydrogens is 286 g/mol. The van der Waals surface area contributed by atoms with Crippen LogP contribution in [0.4, 0.5) is 0 Å². The molecule has 0 aliphatic carbocycles. The lowest BCUT2D eigenvalue weighted by molar-refractivity contribution is -0.122. The Labute approximate surface area is 127 Å². The standard InChI is InChI=1S/C15H19N3O4/c1-11(4-5-13-3-2-8-22-13)17-14(19)6-7-18-10-12(9-16-18)15(20)21/h2-3,8-11H,4-7H2,1H3,(H,17,19)(H,20,21). The van der Waals surface area contributed by atoms with Gasteiger partial charge in [0.25, 0.3) is 0 Å². The normalized spacial score (nSPS) is 12.0. The molecule has 0 bridgehead atoms. The first-order valence-corrected chi connectivity index (χ1v) is 7.12. The summed E-state index contributed by atoms with van der Waals surface area (Å²) in [6, 6.07) is 3.80. The van der Waals surface area contributed by atoms with Gasteiger partial charge in [-0.15, -0.1) is 0 Å². The Kier molecular flexibility index (Phi) is 5.35. The highest BCUT2D eigenvalue weighted by Gasteiger charge is 2.10. The molecule has 0 aromatic carbocycles. The van der Waals surface area contributed by atoms with Crippen molar-refractivity contribution in [2.45, 2.75) is 38.8 Å². The van der Waals surface area contributed by atoms with Crippen molar-refractivity contribution in [2.24, 2.45) is 0 Å². The van der Waals surface area contributed by atoms with E-state index in [1.165, 1.54) is 17.1 Å². The smallest absolute Gasteiger partial charge is 0.338 e. The molecule has 2 rings (SSSR count). The minimum Gasteiger partial charge on any atom is -0.478 e. The maximum Gasteiger partial charge on any atom is 0.338 e. The summed E-state index contributed by atoms with van der Waals surface area (Å²) >= 11 is 0. The number of furan rings is 1. The zero-order chi connectivity index (χ0) is 15.9. The predicted molar refractivity (Wildman–Crippen MR) is 78.4 cm³/mol. The summed E-state index contributed by atoms with van der Waals surface area (Å²) in [4.78, 5) is 22.6. The van der Waals surface area contributed by atoms with Gasteiger partial charge in [-0.1, -0.05) is 0 Å². The van der Waals surface area contributed by atoms with Gasteiger partial charge in [-0.05, 0) is 25.5 Å². The first-order chi connectivity index (χ1) is 10.5. The largest absolute Gasteiger partial charge is 0.478 e. The molecular formula is C15H19N3O4. The van der Waals surface area contributed by atoms with Crippen molar-refractivity contribution in [3.63, 3.8) is 0 Å². The van der Waals surface area contributed by atoms with Gasteiger partial charge in [0, 0.05) is 31.6 Å². The fourth-order valence-corrected chi connectivity index (χ4v) is 2.05. The van der Waals surface area contributed by atoms with Crippen LogP contribution in [0.2, 0.25) is 0 Å². The van der Waals surface area contributed by atoms with Gasteiger partial charge in [0.15, 0.2) is 0 Å². The Morgan fingerprint density at radius 1 is 1.50 bits per heavy atom. The van der Waals surface area contributed by atoms with Gasteiger partial charge in [-0.2, -0.15) is 5.10 Å². The van der Waals surface area contributed by atoms with Gasteiger partial charge in [0.05, 0.1) is 18.0 Å². The number of aromatic nitrogens is 2. The minimum absolute atomic E-state index is 0.0461. The fraction of sp³-hybridized carbons (Fsp3) is 0.400. The van der Waals surface area contributed by atoms with Crippen LogP contribution in [-0.2, 0) is 17.8 Å². The Morgan fingerprint density at radius 3 is 2.95 bits per heavy atom. The van der Waals surface area contributed by atoms with E-state index in [-0.39, 0.29) is 23.9 Å². The number of hydrogen-bond donors (Lipinski definition) is 2. The van der Waals surface area contributed by atoms with Crippen LogP contribution in [0, 0.1) is 0 Å². The molecule has 1 unspecified atom stereocenters. The molecule has 2 heterocycles. The van der Waals surface area contributed by atoms with Crippen LogP contribution in [0.3, 0.4) is 0 Å². The molecule has 0 radical (unpaired) electrons. The maximum absolute atomic E-state index is 11.8. The summed E-state index contributed by atoms with van der Waals surface area (Å²) in [5.41, 5.74) is 0.118. The zero-order valence-corrected chi connectivity index (χ0v) is 12.4. The second kappa shape index (κ2) is 7.44. The second-order valence-electron chi connectivity index (χ2n) is 5.13. The van der Waals surface area contributed by atoms with E-state index in [0.29, 0.717) is 6.54 Å². The number of hydrogen-bond acceptors (Lipinski definition) is 4. The van der Waals surface area contributed by atoms with Crippen LogP contribution in [-0.4, -0.2) is 32.8 Å². The molecule has 2 aromatic heterocycles. The lowest BCUT2D eigenvalue weighted by Gasteiger charge is -2.13. The van der Waals surface area contributed by atoms with E-state index in [1.54, 1.807) is 6.26 Å². The van der Waals surface area contributed by atoms with Crippen molar-refractivity contribution in [3.8, 4) is 0 Å². The summed E-state index contributed by atoms with van der Waals surface area (Å²) in [5, 5.41) is 15.6. The van der Waals surface area contributed by atoms with E-state index in [2.05, 4.69) is 10.4 Å². The molecule has 118 valence electrons. The summed E-state index contributed by atoms with van der Waals surface area (Å²) in [6.07, 6.45) is 6.14. The van der Waals surface area contributed by atoms with Gasteiger partial charge in [0.2, 0.25) is 5.91 Å². The Hall–Kier alpha value is -2.57. The molecule has 0 fully saturated rings. The molecule has 2 aromatic rings. The number of rotatable bonds is 8. The fourth-order valence-electron chi connectivity index (χ4n) is 2.05. The minimum atomic E-state index is -1.03. The number of nitrogens with one attached hydrogen (secondary N) is 1. The van der Waals surface area contributed by atoms with E-state index >= 15 is 0 Å². The number of aryl methyl sites for hydroxylation is 2. The molecule has 0 spiro atoms. The number of carbonyl (C=O) groups excluding carboxylic acids is 1. The number of amides is 1. The van der Waals surface area contributed by atoms with Crippen molar-refractivity contribution in [1.82, 2.24) is 15.1 Å². The Bertz CT molecular complexity index is 619. The van der Waals surface area contributed by atoms with Crippen LogP contribution in [0.15, 0.2) is 35.2 Å². The third kappa shape index (κ3) is 4.76. The van der Waals surface area contributed by atoms with Crippen molar-refractivity contribution in [1.29, 1.82) is 0 Å². The third-order valence-corrected chi connectivity index (χ3v) is 3.26. The van der Waals surface area contributed by atoms with Crippen molar-refractivity contribution >= 4 is 11.9 Å². The molecule has 1 atom stereocenters. The number of carboxylic acids is 1. The third-order valence-electron chi connectivity index (χ3n) is 3.26. The Morgan fingerprint density at radius 2 is 2.32 bits per heavy atom. The van der Waals surface area contributed by atoms with Gasteiger partial charge >= 0.3 is 5.97 Å². The zero-order valence-electron chi connectivity index (χ0n) is 12.4. The SMILES string of the molecule is CC(CCc1ccco1)NC(=O)CCn1cc(C(=O)O)cn1. The highest BCUT2D eigenvalue weighted by Crippen LogP contribution is 2.06. The van der Waals surface area contributed by atoms with Gasteiger partial charge in [0.1, 0.15) is 5.76 Å². The maximum atomic E-state index is 11.8. The van der Waals surface area contributed by atoms with E-state index in [1.807, 2.05) is 19.1 Å². The highest BCUT2D eigenvalue weighted by atomic mass is 16.4. The number of carboxylic acid groups (broad SMARTS) is 1. The lowest BCUT2D eigenvalue weighted by atomic mass is 10.1. The number of aromatic carboxylic acids is 1. The molecule has 1 amide bonds. The van der Waals surface area contributed by atoms with Crippen molar-refractivity contribution in [2.75, 3.05) is 0 Å². The average molecular weight is 305 g/mol. The first kappa shape index (κ1) is 15.8. The molecule has 2 N–H and O–H groups in total. The van der Waals surface area contributed by atoms with E-state index in [4.69, 9.17) is 9.52 Å². The molecule has 0 aliphatic heterocycles. The van der Waals surface area contributed by atoms with Gasteiger partial charge in [-0.25, -0.2) is 4.79 Å². The molecule has 7 nitrogen and oxygen atoms in total. The molecule has 22 heavy (non-hydrogen) atoms. The summed E-state index contributed by atoms with van der Waals surface area (Å²) in [5.74, 6) is -0.208. The monoisotopic (exact) mass is 305 g/mol. The highest BCUT2D eigenvalue weighted by molar-refractivity contribution is 5.86. The van der Waals surface area contributed by atoms with E-state index in [9.17, 15) is 9.59 Å². The Balaban J connectivity index is 1.69. The number of nitrogens with zero attached hydrogens (tertiary/aromatic N) is 2. The van der Waals surface area contributed by atoms with Crippen molar-refractivity contribution < 1.29 is 19.1 Å². The topological polar surface area (TPSA) is 97.4 Å². The molecule has 0 aliphatic rings. The van der Waals surface area contributed by atoms with Gasteiger partial charge < -0.3 is 14.8 Å². The quantitative estimate of drug-likeness (QED) is 0.773. The van der Waals surface area contributed by atoms with Crippen LogP contribution < -0.4 is 5.32 Å². The van der Waals surface area contributed by atoms with Crippen LogP contribution in [0.25, 0.3) is 0 Å². The summed E-state index contributed by atoms with van der Waals surface area (Å²) in [7, 11) is 0. The van der Waals surface area contributed by atoms with Gasteiger partial charge in [-0.3, -0.25) is 9.48 Å². The molecule has 0 saturated heterocycles. The van der Waals surface area contributed by atoms with E-state index in [0.717, 1.165) is 18.6 Å². The van der Waals surface area contributed by atoms with Crippen LogP contribution >= 0.6 is 0 Å². The predicted octanol–water partition coefficient (Wildman–Crippen LogP) is 1.70. The summed E-state index contributed by atoms with van der Waals surface area (Å²) in [6.45, 7) is 2.29. The second-order valence-corrected chi connectivity index (χ2v) is 5.13. The first-order valence-electron chi connectivity index (χ1n) is 7.12. The lowest BCUT2D eigenvalue weighted by Crippen LogP contribution is -2.33. The average Bonchev–Trinajstić information content (AvgIpc) is 3.14. The van der Waals surface area contributed by atoms with Crippen LogP contribution in [0.1, 0.15) is 35.9 Å². The van der Waals surface area contributed by atoms with Crippen molar-refractivity contribution in [3.05, 3.63) is 42.1 Å². The van der Waals surface area contributed by atoms with Crippen LogP contribution in [0.5, 0.6) is 0 Å². The number of carbonyl (C=O) groups is 2. The molecule has 0 saturated carbocycles.